The molecule has 4 nitrogen and oxygen atoms in total. The van der Waals surface area contributed by atoms with Crippen molar-refractivity contribution in [1.82, 2.24) is 15.3 Å². The van der Waals surface area contributed by atoms with Crippen LogP contribution in [0.4, 0.5) is 5.82 Å². The first kappa shape index (κ1) is 14.3. The molecular formula is C15H26N4. The highest BCUT2D eigenvalue weighted by atomic mass is 15.2. The Hall–Kier alpha value is -1.16. The Morgan fingerprint density at radius 1 is 1.32 bits per heavy atom. The van der Waals surface area contributed by atoms with Crippen LogP contribution in [0.15, 0.2) is 6.20 Å². The molecule has 0 amide bonds. The molecule has 4 heteroatoms. The predicted molar refractivity (Wildman–Crippen MR) is 79.6 cm³/mol. The number of rotatable bonds is 5. The lowest BCUT2D eigenvalue weighted by Crippen LogP contribution is -2.38. The molecule has 1 aliphatic rings. The monoisotopic (exact) mass is 262 g/mol. The maximum atomic E-state index is 4.64. The highest BCUT2D eigenvalue weighted by molar-refractivity contribution is 5.43. The van der Waals surface area contributed by atoms with E-state index in [0.717, 1.165) is 42.8 Å². The van der Waals surface area contributed by atoms with E-state index in [-0.39, 0.29) is 0 Å². The molecule has 106 valence electrons. The van der Waals surface area contributed by atoms with Crippen LogP contribution in [0.2, 0.25) is 0 Å². The average molecular weight is 262 g/mol. The van der Waals surface area contributed by atoms with Gasteiger partial charge in [-0.15, -0.1) is 0 Å². The van der Waals surface area contributed by atoms with Crippen molar-refractivity contribution in [3.05, 3.63) is 17.6 Å². The molecule has 1 aliphatic heterocycles. The quantitative estimate of drug-likeness (QED) is 0.827. The zero-order chi connectivity index (χ0) is 13.7. The predicted octanol–water partition coefficient (Wildman–Crippen LogP) is 2.31. The lowest BCUT2D eigenvalue weighted by Gasteiger charge is -2.33. The number of anilines is 1. The molecule has 0 atom stereocenters. The fourth-order valence-corrected chi connectivity index (χ4v) is 2.66. The van der Waals surface area contributed by atoms with Crippen molar-refractivity contribution in [2.75, 3.05) is 31.1 Å². The van der Waals surface area contributed by atoms with Gasteiger partial charge in [0.05, 0.1) is 11.4 Å². The highest BCUT2D eigenvalue weighted by Crippen LogP contribution is 2.23. The fraction of sp³-hybridized carbons (Fsp3) is 0.733. The Morgan fingerprint density at radius 2 is 2.05 bits per heavy atom. The van der Waals surface area contributed by atoms with E-state index in [1.807, 2.05) is 13.1 Å². The summed E-state index contributed by atoms with van der Waals surface area (Å²) in [6, 6.07) is 0. The maximum absolute atomic E-state index is 4.64. The SMILES string of the molecule is CCCNCC1CCN(c2nc(C)cnc2C)CC1. The second kappa shape index (κ2) is 6.85. The van der Waals surface area contributed by atoms with Crippen LogP contribution in [0.5, 0.6) is 0 Å². The molecule has 0 bridgehead atoms. The molecular weight excluding hydrogens is 236 g/mol. The van der Waals surface area contributed by atoms with Crippen molar-refractivity contribution >= 4 is 5.82 Å². The topological polar surface area (TPSA) is 41.0 Å². The highest BCUT2D eigenvalue weighted by Gasteiger charge is 2.21. The van der Waals surface area contributed by atoms with Gasteiger partial charge in [0.15, 0.2) is 0 Å². The maximum Gasteiger partial charge on any atom is 0.150 e. The van der Waals surface area contributed by atoms with Gasteiger partial charge in [0.2, 0.25) is 0 Å². The fourth-order valence-electron chi connectivity index (χ4n) is 2.66. The van der Waals surface area contributed by atoms with Gasteiger partial charge < -0.3 is 10.2 Å². The van der Waals surface area contributed by atoms with Gasteiger partial charge in [-0.3, -0.25) is 4.98 Å². The molecule has 1 fully saturated rings. The summed E-state index contributed by atoms with van der Waals surface area (Å²) >= 11 is 0. The minimum absolute atomic E-state index is 0.820. The van der Waals surface area contributed by atoms with Gasteiger partial charge in [-0.25, -0.2) is 4.98 Å². The lowest BCUT2D eigenvalue weighted by atomic mass is 9.96. The van der Waals surface area contributed by atoms with Crippen molar-refractivity contribution in [3.63, 3.8) is 0 Å². The van der Waals surface area contributed by atoms with E-state index in [4.69, 9.17) is 0 Å². The molecule has 0 spiro atoms. The first-order valence-corrected chi connectivity index (χ1v) is 7.46. The zero-order valence-corrected chi connectivity index (χ0v) is 12.4. The van der Waals surface area contributed by atoms with Crippen LogP contribution in [0.1, 0.15) is 37.6 Å². The van der Waals surface area contributed by atoms with Crippen LogP contribution in [-0.2, 0) is 0 Å². The van der Waals surface area contributed by atoms with Gasteiger partial charge in [-0.05, 0) is 52.1 Å². The minimum atomic E-state index is 0.820. The Balaban J connectivity index is 1.87. The Labute approximate surface area is 116 Å². The van der Waals surface area contributed by atoms with Gasteiger partial charge in [-0.2, -0.15) is 0 Å². The van der Waals surface area contributed by atoms with E-state index < -0.39 is 0 Å². The summed E-state index contributed by atoms with van der Waals surface area (Å²) in [5.74, 6) is 1.90. The molecule has 2 heterocycles. The third-order valence-corrected chi connectivity index (χ3v) is 3.82. The molecule has 1 aromatic rings. The van der Waals surface area contributed by atoms with Crippen LogP contribution in [0, 0.1) is 19.8 Å². The Bertz CT molecular complexity index is 397. The zero-order valence-electron chi connectivity index (χ0n) is 12.4. The summed E-state index contributed by atoms with van der Waals surface area (Å²) in [7, 11) is 0. The molecule has 1 aromatic heterocycles. The number of hydrogen-bond acceptors (Lipinski definition) is 4. The van der Waals surface area contributed by atoms with E-state index in [9.17, 15) is 0 Å². The van der Waals surface area contributed by atoms with Crippen LogP contribution >= 0.6 is 0 Å². The summed E-state index contributed by atoms with van der Waals surface area (Å²) in [6.45, 7) is 10.8. The van der Waals surface area contributed by atoms with Crippen LogP contribution < -0.4 is 10.2 Å². The van der Waals surface area contributed by atoms with E-state index in [1.54, 1.807) is 0 Å². The van der Waals surface area contributed by atoms with Gasteiger partial charge in [0.25, 0.3) is 0 Å². The number of nitrogens with zero attached hydrogens (tertiary/aromatic N) is 3. The van der Waals surface area contributed by atoms with Gasteiger partial charge >= 0.3 is 0 Å². The Morgan fingerprint density at radius 3 is 2.74 bits per heavy atom. The second-order valence-corrected chi connectivity index (χ2v) is 5.55. The van der Waals surface area contributed by atoms with Crippen molar-refractivity contribution in [2.24, 2.45) is 5.92 Å². The third kappa shape index (κ3) is 3.90. The van der Waals surface area contributed by atoms with E-state index in [0.29, 0.717) is 0 Å². The molecule has 1 saturated heterocycles. The number of nitrogens with one attached hydrogen (secondary N) is 1. The van der Waals surface area contributed by atoms with Gasteiger partial charge in [0, 0.05) is 19.3 Å². The second-order valence-electron chi connectivity index (χ2n) is 5.55. The molecule has 0 unspecified atom stereocenters. The van der Waals surface area contributed by atoms with Crippen molar-refractivity contribution in [2.45, 2.75) is 40.0 Å². The normalized spacial score (nSPS) is 16.9. The van der Waals surface area contributed by atoms with Crippen LogP contribution in [0.3, 0.4) is 0 Å². The average Bonchev–Trinajstić information content (AvgIpc) is 2.43. The standard InChI is InChI=1S/C15H26N4/c1-4-7-16-11-14-5-8-19(9-6-14)15-13(3)17-10-12(2)18-15/h10,14,16H,4-9,11H2,1-3H3. The summed E-state index contributed by atoms with van der Waals surface area (Å²) in [4.78, 5) is 11.5. The summed E-state index contributed by atoms with van der Waals surface area (Å²) < 4.78 is 0. The molecule has 0 aliphatic carbocycles. The lowest BCUT2D eigenvalue weighted by molar-refractivity contribution is 0.382. The van der Waals surface area contributed by atoms with Crippen LogP contribution in [-0.4, -0.2) is 36.1 Å². The van der Waals surface area contributed by atoms with E-state index >= 15 is 0 Å². The molecule has 0 saturated carbocycles. The first-order valence-electron chi connectivity index (χ1n) is 7.46. The molecule has 1 N–H and O–H groups in total. The van der Waals surface area contributed by atoms with Crippen LogP contribution in [0.25, 0.3) is 0 Å². The summed E-state index contributed by atoms with van der Waals surface area (Å²) in [6.07, 6.45) is 5.58. The van der Waals surface area contributed by atoms with Crippen molar-refractivity contribution in [1.29, 1.82) is 0 Å². The molecule has 2 rings (SSSR count). The van der Waals surface area contributed by atoms with Gasteiger partial charge in [0.1, 0.15) is 5.82 Å². The van der Waals surface area contributed by atoms with E-state index in [2.05, 4.69) is 34.0 Å². The number of hydrogen-bond donors (Lipinski definition) is 1. The smallest absolute Gasteiger partial charge is 0.150 e. The third-order valence-electron chi connectivity index (χ3n) is 3.82. The Kier molecular flexibility index (Phi) is 5.14. The molecule has 0 aromatic carbocycles. The van der Waals surface area contributed by atoms with Crippen molar-refractivity contribution in [3.8, 4) is 0 Å². The summed E-state index contributed by atoms with van der Waals surface area (Å²) in [5.41, 5.74) is 2.06. The number of aromatic nitrogens is 2. The first-order chi connectivity index (χ1) is 9.20. The minimum Gasteiger partial charge on any atom is -0.355 e. The number of piperidine rings is 1. The van der Waals surface area contributed by atoms with Gasteiger partial charge in [-0.1, -0.05) is 6.92 Å². The van der Waals surface area contributed by atoms with Crippen molar-refractivity contribution < 1.29 is 0 Å². The molecule has 0 radical (unpaired) electrons. The summed E-state index contributed by atoms with van der Waals surface area (Å²) in [5, 5.41) is 3.53. The van der Waals surface area contributed by atoms with E-state index in [1.165, 1.54) is 25.8 Å². The largest absolute Gasteiger partial charge is 0.355 e. The molecule has 19 heavy (non-hydrogen) atoms. The number of aryl methyl sites for hydroxylation is 2.